The van der Waals surface area contributed by atoms with Crippen molar-refractivity contribution in [2.45, 2.75) is 63.0 Å². The molecule has 0 bridgehead atoms. The van der Waals surface area contributed by atoms with Crippen LogP contribution in [-0.2, 0) is 26.7 Å². The molecule has 1 N–H and O–H groups in total. The van der Waals surface area contributed by atoms with Crippen LogP contribution in [0.15, 0.2) is 33.9 Å². The number of rotatable bonds is 9. The van der Waals surface area contributed by atoms with Gasteiger partial charge in [0.25, 0.3) is 0 Å². The van der Waals surface area contributed by atoms with E-state index in [4.69, 9.17) is 9.15 Å². The van der Waals surface area contributed by atoms with Crippen molar-refractivity contribution in [1.29, 1.82) is 0 Å². The highest BCUT2D eigenvalue weighted by molar-refractivity contribution is 7.90. The van der Waals surface area contributed by atoms with Crippen molar-refractivity contribution in [3.05, 3.63) is 41.5 Å². The number of amides is 1. The first-order chi connectivity index (χ1) is 13.5. The van der Waals surface area contributed by atoms with Gasteiger partial charge in [-0.1, -0.05) is 23.7 Å². The van der Waals surface area contributed by atoms with Crippen molar-refractivity contribution < 1.29 is 26.8 Å². The maximum atomic E-state index is 12.9. The van der Waals surface area contributed by atoms with Gasteiger partial charge in [-0.05, 0) is 51.3 Å². The van der Waals surface area contributed by atoms with Crippen molar-refractivity contribution in [3.63, 3.8) is 0 Å². The molecule has 0 aliphatic carbocycles. The van der Waals surface area contributed by atoms with Crippen LogP contribution in [0.4, 0.5) is 9.18 Å². The maximum absolute atomic E-state index is 12.9. The Kier molecular flexibility index (Phi) is 7.72. The number of ether oxygens (including phenoxy) is 1. The molecule has 0 saturated carbocycles. The molecule has 29 heavy (non-hydrogen) atoms. The standard InChI is InChI=1S/C19H26FN3O5S/c1-19(2,3)28-17(24)21-12-6-4-5-7-16-22-23-18(27-16)29(25,26)13-14-8-10-15(20)11-9-14/h8-11H,4-7,12-13H2,1-3H3,(H,21,24). The minimum atomic E-state index is -3.79. The Morgan fingerprint density at radius 1 is 1.14 bits per heavy atom. The molecule has 2 rings (SSSR count). The van der Waals surface area contributed by atoms with Gasteiger partial charge < -0.3 is 14.5 Å². The largest absolute Gasteiger partial charge is 0.444 e. The Bertz CT molecular complexity index is 905. The summed E-state index contributed by atoms with van der Waals surface area (Å²) >= 11 is 0. The molecule has 0 aliphatic heterocycles. The van der Waals surface area contributed by atoms with Crippen LogP contribution in [0.2, 0.25) is 0 Å². The normalized spacial score (nSPS) is 12.0. The van der Waals surface area contributed by atoms with Gasteiger partial charge in [-0.15, -0.1) is 5.10 Å². The summed E-state index contributed by atoms with van der Waals surface area (Å²) in [6.07, 6.45) is 2.21. The molecule has 0 fully saturated rings. The number of sulfone groups is 1. The number of carbonyl (C=O) groups is 1. The first-order valence-electron chi connectivity index (χ1n) is 9.31. The maximum Gasteiger partial charge on any atom is 0.407 e. The van der Waals surface area contributed by atoms with Crippen LogP contribution >= 0.6 is 0 Å². The number of aryl methyl sites for hydroxylation is 1. The van der Waals surface area contributed by atoms with Crippen molar-refractivity contribution >= 4 is 15.9 Å². The predicted octanol–water partition coefficient (Wildman–Crippen LogP) is 3.42. The molecule has 8 nitrogen and oxygen atoms in total. The smallest absolute Gasteiger partial charge is 0.407 e. The lowest BCUT2D eigenvalue weighted by Gasteiger charge is -2.19. The lowest BCUT2D eigenvalue weighted by molar-refractivity contribution is 0.0527. The summed E-state index contributed by atoms with van der Waals surface area (Å²) in [5.74, 6) is -0.541. The second-order valence-corrected chi connectivity index (χ2v) is 9.45. The zero-order valence-electron chi connectivity index (χ0n) is 16.8. The summed E-state index contributed by atoms with van der Waals surface area (Å²) in [6.45, 7) is 5.87. The molecule has 1 aromatic carbocycles. The SMILES string of the molecule is CC(C)(C)OC(=O)NCCCCCc1nnc(S(=O)(=O)Cc2ccc(F)cc2)o1. The third-order valence-corrected chi connectivity index (χ3v) is 5.13. The fourth-order valence-electron chi connectivity index (χ4n) is 2.41. The molecule has 1 aromatic heterocycles. The molecule has 0 spiro atoms. The lowest BCUT2D eigenvalue weighted by atomic mass is 10.2. The van der Waals surface area contributed by atoms with Gasteiger partial charge in [0.2, 0.25) is 15.7 Å². The Labute approximate surface area is 169 Å². The van der Waals surface area contributed by atoms with Gasteiger partial charge in [0.05, 0.1) is 5.75 Å². The number of hydrogen-bond donors (Lipinski definition) is 1. The number of hydrogen-bond acceptors (Lipinski definition) is 7. The highest BCUT2D eigenvalue weighted by Crippen LogP contribution is 2.17. The summed E-state index contributed by atoms with van der Waals surface area (Å²) in [6, 6.07) is 5.19. The number of carbonyl (C=O) groups excluding carboxylic acids is 1. The van der Waals surface area contributed by atoms with E-state index in [1.54, 1.807) is 20.8 Å². The Hall–Kier alpha value is -2.49. The fraction of sp³-hybridized carbons (Fsp3) is 0.526. The van der Waals surface area contributed by atoms with Crippen molar-refractivity contribution in [1.82, 2.24) is 15.5 Å². The van der Waals surface area contributed by atoms with Crippen LogP contribution in [0.25, 0.3) is 0 Å². The minimum Gasteiger partial charge on any atom is -0.444 e. The van der Waals surface area contributed by atoms with Crippen LogP contribution in [0, 0.1) is 5.82 Å². The number of nitrogens with zero attached hydrogens (tertiary/aromatic N) is 2. The minimum absolute atomic E-state index is 0.239. The summed E-state index contributed by atoms with van der Waals surface area (Å²) in [7, 11) is -3.79. The highest BCUT2D eigenvalue weighted by atomic mass is 32.2. The summed E-state index contributed by atoms with van der Waals surface area (Å²) in [5.41, 5.74) is -0.0970. The number of benzene rings is 1. The molecule has 0 radical (unpaired) electrons. The number of aromatic nitrogens is 2. The van der Waals surface area contributed by atoms with E-state index in [1.807, 2.05) is 0 Å². The average molecular weight is 427 g/mol. The van der Waals surface area contributed by atoms with Crippen molar-refractivity contribution in [2.75, 3.05) is 6.54 Å². The molecule has 160 valence electrons. The van der Waals surface area contributed by atoms with E-state index in [1.165, 1.54) is 24.3 Å². The molecular formula is C19H26FN3O5S. The molecule has 0 saturated heterocycles. The van der Waals surface area contributed by atoms with E-state index >= 15 is 0 Å². The van der Waals surface area contributed by atoms with Gasteiger partial charge in [-0.25, -0.2) is 17.6 Å². The van der Waals surface area contributed by atoms with Crippen LogP contribution in [-0.4, -0.2) is 36.9 Å². The van der Waals surface area contributed by atoms with Gasteiger partial charge in [-0.3, -0.25) is 0 Å². The Morgan fingerprint density at radius 3 is 2.48 bits per heavy atom. The summed E-state index contributed by atoms with van der Waals surface area (Å²) < 4.78 is 48.0. The number of alkyl carbamates (subject to hydrolysis) is 1. The van der Waals surface area contributed by atoms with E-state index in [9.17, 15) is 17.6 Å². The predicted molar refractivity (Wildman–Crippen MR) is 103 cm³/mol. The number of halogens is 1. The van der Waals surface area contributed by atoms with Gasteiger partial charge in [0, 0.05) is 13.0 Å². The monoisotopic (exact) mass is 427 g/mol. The van der Waals surface area contributed by atoms with Gasteiger partial charge >= 0.3 is 11.3 Å². The van der Waals surface area contributed by atoms with Gasteiger partial charge in [-0.2, -0.15) is 0 Å². The summed E-state index contributed by atoms with van der Waals surface area (Å²) in [4.78, 5) is 11.5. The quantitative estimate of drug-likeness (QED) is 0.610. The Morgan fingerprint density at radius 2 is 1.83 bits per heavy atom. The number of unbranched alkanes of at least 4 members (excludes halogenated alkanes) is 2. The van der Waals surface area contributed by atoms with E-state index in [-0.39, 0.29) is 11.6 Å². The van der Waals surface area contributed by atoms with Crippen LogP contribution in [0.5, 0.6) is 0 Å². The zero-order chi connectivity index (χ0) is 21.5. The number of nitrogens with one attached hydrogen (secondary N) is 1. The van der Waals surface area contributed by atoms with Crippen molar-refractivity contribution in [2.24, 2.45) is 0 Å². The Balaban J connectivity index is 1.73. The first kappa shape index (κ1) is 22.8. The molecule has 1 heterocycles. The molecule has 0 aliphatic rings. The van der Waals surface area contributed by atoms with Crippen LogP contribution < -0.4 is 5.32 Å². The molecule has 0 atom stereocenters. The first-order valence-corrected chi connectivity index (χ1v) is 11.0. The second-order valence-electron chi connectivity index (χ2n) is 7.59. The van der Waals surface area contributed by atoms with Crippen LogP contribution in [0.3, 0.4) is 0 Å². The third-order valence-electron chi connectivity index (χ3n) is 3.72. The van der Waals surface area contributed by atoms with Gasteiger partial charge in [0.1, 0.15) is 11.4 Å². The third kappa shape index (κ3) is 8.18. The topological polar surface area (TPSA) is 111 Å². The van der Waals surface area contributed by atoms with Crippen LogP contribution in [0.1, 0.15) is 51.5 Å². The summed E-state index contributed by atoms with van der Waals surface area (Å²) in [5, 5.41) is 9.63. The van der Waals surface area contributed by atoms with E-state index in [0.29, 0.717) is 24.9 Å². The second kappa shape index (κ2) is 9.82. The van der Waals surface area contributed by atoms with Crippen molar-refractivity contribution in [3.8, 4) is 0 Å². The average Bonchev–Trinajstić information content (AvgIpc) is 3.08. The zero-order valence-corrected chi connectivity index (χ0v) is 17.6. The molecular weight excluding hydrogens is 401 g/mol. The van der Waals surface area contributed by atoms with E-state index < -0.39 is 32.6 Å². The van der Waals surface area contributed by atoms with Gasteiger partial charge in [0.15, 0.2) is 0 Å². The lowest BCUT2D eigenvalue weighted by Crippen LogP contribution is -2.32. The highest BCUT2D eigenvalue weighted by Gasteiger charge is 2.23. The molecule has 1 amide bonds. The molecule has 0 unspecified atom stereocenters. The molecule has 2 aromatic rings. The fourth-order valence-corrected chi connectivity index (χ4v) is 3.55. The van der Waals surface area contributed by atoms with E-state index in [2.05, 4.69) is 15.5 Å². The van der Waals surface area contributed by atoms with E-state index in [0.717, 1.165) is 12.8 Å². The molecule has 10 heteroatoms.